The van der Waals surface area contributed by atoms with Crippen LogP contribution in [-0.4, -0.2) is 32.9 Å². The number of rotatable bonds is 7. The summed E-state index contributed by atoms with van der Waals surface area (Å²) in [4.78, 5) is 11.9. The molecule has 0 aliphatic rings. The lowest BCUT2D eigenvalue weighted by Crippen LogP contribution is -2.24. The van der Waals surface area contributed by atoms with Crippen LogP contribution in [0.15, 0.2) is 44.4 Å². The molecule has 0 bridgehead atoms. The fourth-order valence-electron chi connectivity index (χ4n) is 2.15. The molecule has 0 heterocycles. The Morgan fingerprint density at radius 2 is 1.88 bits per heavy atom. The Morgan fingerprint density at radius 1 is 1.15 bits per heavy atom. The van der Waals surface area contributed by atoms with Crippen molar-refractivity contribution in [3.05, 3.63) is 50.4 Å². The Labute approximate surface area is 168 Å². The molecule has 26 heavy (non-hydrogen) atoms. The normalized spacial score (nSPS) is 10.7. The summed E-state index contributed by atoms with van der Waals surface area (Å²) in [6.07, 6.45) is 1.51. The maximum atomic E-state index is 11.9. The number of nitrogens with one attached hydrogen (secondary N) is 1. The standard InChI is InChI=1S/C18H18Br2N2O4/c1-11-6-13(19)8-14(20)18(11)26-10-17(23)22-21-9-12-4-5-15(24-2)16(7-12)25-3/h4-9H,10H2,1-3H3,(H,22,23)/b21-9+. The molecule has 2 rings (SSSR count). The third-order valence-electron chi connectivity index (χ3n) is 3.35. The first-order valence-electron chi connectivity index (χ1n) is 7.57. The number of aryl methyl sites for hydroxylation is 1. The summed E-state index contributed by atoms with van der Waals surface area (Å²) < 4.78 is 17.7. The van der Waals surface area contributed by atoms with Crippen LogP contribution in [0.25, 0.3) is 0 Å². The molecular weight excluding hydrogens is 468 g/mol. The van der Waals surface area contributed by atoms with Crippen molar-refractivity contribution < 1.29 is 19.0 Å². The van der Waals surface area contributed by atoms with E-state index in [2.05, 4.69) is 42.4 Å². The second kappa shape index (κ2) is 9.59. The summed E-state index contributed by atoms with van der Waals surface area (Å²) in [5.74, 6) is 1.46. The van der Waals surface area contributed by atoms with Crippen molar-refractivity contribution >= 4 is 44.0 Å². The monoisotopic (exact) mass is 484 g/mol. The van der Waals surface area contributed by atoms with Crippen molar-refractivity contribution in [2.75, 3.05) is 20.8 Å². The minimum absolute atomic E-state index is 0.148. The fraction of sp³-hybridized carbons (Fsp3) is 0.222. The van der Waals surface area contributed by atoms with Crippen LogP contribution in [-0.2, 0) is 4.79 Å². The average molecular weight is 486 g/mol. The molecular formula is C18H18Br2N2O4. The third kappa shape index (κ3) is 5.47. The van der Waals surface area contributed by atoms with Gasteiger partial charge in [-0.3, -0.25) is 4.79 Å². The molecule has 0 radical (unpaired) electrons. The molecule has 138 valence electrons. The molecule has 1 N–H and O–H groups in total. The lowest BCUT2D eigenvalue weighted by molar-refractivity contribution is -0.123. The van der Waals surface area contributed by atoms with Gasteiger partial charge < -0.3 is 14.2 Å². The summed E-state index contributed by atoms with van der Waals surface area (Å²) >= 11 is 6.82. The molecule has 2 aromatic carbocycles. The van der Waals surface area contributed by atoms with Crippen LogP contribution in [0.5, 0.6) is 17.2 Å². The van der Waals surface area contributed by atoms with Gasteiger partial charge in [-0.2, -0.15) is 5.10 Å². The number of methoxy groups -OCH3 is 2. The summed E-state index contributed by atoms with van der Waals surface area (Å²) in [6, 6.07) is 9.09. The van der Waals surface area contributed by atoms with E-state index in [1.54, 1.807) is 32.4 Å². The van der Waals surface area contributed by atoms with E-state index in [1.165, 1.54) is 6.21 Å². The minimum Gasteiger partial charge on any atom is -0.493 e. The second-order valence-electron chi connectivity index (χ2n) is 5.23. The molecule has 0 aliphatic carbocycles. The van der Waals surface area contributed by atoms with E-state index < -0.39 is 0 Å². The lowest BCUT2D eigenvalue weighted by Gasteiger charge is -2.11. The number of hydrogen-bond acceptors (Lipinski definition) is 5. The molecule has 0 fully saturated rings. The van der Waals surface area contributed by atoms with E-state index in [4.69, 9.17) is 14.2 Å². The van der Waals surface area contributed by atoms with Crippen molar-refractivity contribution in [2.45, 2.75) is 6.92 Å². The Kier molecular flexibility index (Phi) is 7.47. The number of hydrazone groups is 1. The van der Waals surface area contributed by atoms with Gasteiger partial charge in [0.15, 0.2) is 18.1 Å². The predicted octanol–water partition coefficient (Wildman–Crippen LogP) is 4.07. The first kappa shape index (κ1) is 20.3. The molecule has 0 saturated carbocycles. The molecule has 1 amide bonds. The topological polar surface area (TPSA) is 69.2 Å². The lowest BCUT2D eigenvalue weighted by atomic mass is 10.2. The van der Waals surface area contributed by atoms with Crippen LogP contribution in [0.3, 0.4) is 0 Å². The molecule has 2 aromatic rings. The van der Waals surface area contributed by atoms with Gasteiger partial charge >= 0.3 is 0 Å². The van der Waals surface area contributed by atoms with Crippen LogP contribution >= 0.6 is 31.9 Å². The van der Waals surface area contributed by atoms with Gasteiger partial charge in [-0.05, 0) is 64.3 Å². The van der Waals surface area contributed by atoms with Crippen LogP contribution in [0.4, 0.5) is 0 Å². The zero-order chi connectivity index (χ0) is 19.1. The molecule has 0 spiro atoms. The highest BCUT2D eigenvalue weighted by molar-refractivity contribution is 9.11. The number of carbonyl (C=O) groups excluding carboxylic acids is 1. The van der Waals surface area contributed by atoms with E-state index in [-0.39, 0.29) is 12.5 Å². The molecule has 0 aromatic heterocycles. The van der Waals surface area contributed by atoms with Crippen molar-refractivity contribution in [3.8, 4) is 17.2 Å². The van der Waals surface area contributed by atoms with E-state index in [1.807, 2.05) is 19.1 Å². The van der Waals surface area contributed by atoms with Crippen molar-refractivity contribution in [2.24, 2.45) is 5.10 Å². The van der Waals surface area contributed by atoms with Gasteiger partial charge in [-0.25, -0.2) is 5.43 Å². The predicted molar refractivity (Wildman–Crippen MR) is 107 cm³/mol. The van der Waals surface area contributed by atoms with Crippen molar-refractivity contribution in [1.29, 1.82) is 0 Å². The van der Waals surface area contributed by atoms with Gasteiger partial charge in [0.05, 0.1) is 24.9 Å². The van der Waals surface area contributed by atoms with Gasteiger partial charge in [-0.1, -0.05) is 15.9 Å². The Morgan fingerprint density at radius 3 is 2.54 bits per heavy atom. The number of halogens is 2. The van der Waals surface area contributed by atoms with E-state index in [0.29, 0.717) is 17.2 Å². The third-order valence-corrected chi connectivity index (χ3v) is 4.40. The summed E-state index contributed by atoms with van der Waals surface area (Å²) in [5, 5.41) is 3.92. The van der Waals surface area contributed by atoms with Gasteiger partial charge in [0.25, 0.3) is 5.91 Å². The molecule has 8 heteroatoms. The first-order chi connectivity index (χ1) is 12.4. The van der Waals surface area contributed by atoms with Crippen LogP contribution < -0.4 is 19.6 Å². The SMILES string of the molecule is COc1ccc(/C=N/NC(=O)COc2c(C)cc(Br)cc2Br)cc1OC. The summed E-state index contributed by atoms with van der Waals surface area (Å²) in [6.45, 7) is 1.75. The average Bonchev–Trinajstić information content (AvgIpc) is 2.60. The number of carbonyl (C=O) groups is 1. The van der Waals surface area contributed by atoms with Gasteiger partial charge in [0, 0.05) is 4.47 Å². The molecule has 0 aliphatic heterocycles. The smallest absolute Gasteiger partial charge is 0.277 e. The maximum Gasteiger partial charge on any atom is 0.277 e. The zero-order valence-corrected chi connectivity index (χ0v) is 17.7. The minimum atomic E-state index is -0.365. The fourth-order valence-corrected chi connectivity index (χ4v) is 3.71. The van der Waals surface area contributed by atoms with Gasteiger partial charge in [0.1, 0.15) is 5.75 Å². The number of nitrogens with zero attached hydrogens (tertiary/aromatic N) is 1. The number of hydrogen-bond donors (Lipinski definition) is 1. The zero-order valence-electron chi connectivity index (χ0n) is 14.5. The van der Waals surface area contributed by atoms with Crippen LogP contribution in [0, 0.1) is 6.92 Å². The van der Waals surface area contributed by atoms with Crippen molar-refractivity contribution in [1.82, 2.24) is 5.43 Å². The highest BCUT2D eigenvalue weighted by Gasteiger charge is 2.09. The van der Waals surface area contributed by atoms with Crippen molar-refractivity contribution in [3.63, 3.8) is 0 Å². The number of ether oxygens (including phenoxy) is 3. The largest absolute Gasteiger partial charge is 0.493 e. The Hall–Kier alpha value is -2.06. The summed E-state index contributed by atoms with van der Waals surface area (Å²) in [5.41, 5.74) is 4.10. The second-order valence-corrected chi connectivity index (χ2v) is 7.00. The van der Waals surface area contributed by atoms with Crippen LogP contribution in [0.2, 0.25) is 0 Å². The van der Waals surface area contributed by atoms with E-state index >= 15 is 0 Å². The number of amides is 1. The number of benzene rings is 2. The summed E-state index contributed by atoms with van der Waals surface area (Å²) in [7, 11) is 3.12. The van der Waals surface area contributed by atoms with Gasteiger partial charge in [-0.15, -0.1) is 0 Å². The quantitative estimate of drug-likeness (QED) is 0.474. The van der Waals surface area contributed by atoms with E-state index in [0.717, 1.165) is 20.1 Å². The highest BCUT2D eigenvalue weighted by Crippen LogP contribution is 2.32. The highest BCUT2D eigenvalue weighted by atomic mass is 79.9. The van der Waals surface area contributed by atoms with Crippen LogP contribution in [0.1, 0.15) is 11.1 Å². The van der Waals surface area contributed by atoms with Gasteiger partial charge in [0.2, 0.25) is 0 Å². The maximum absolute atomic E-state index is 11.9. The molecule has 0 saturated heterocycles. The molecule has 0 unspecified atom stereocenters. The molecule has 6 nitrogen and oxygen atoms in total. The first-order valence-corrected chi connectivity index (χ1v) is 9.15. The Bertz CT molecular complexity index is 802. The molecule has 0 atom stereocenters. The Balaban J connectivity index is 1.92. The van der Waals surface area contributed by atoms with E-state index in [9.17, 15) is 4.79 Å².